The van der Waals surface area contributed by atoms with Crippen molar-refractivity contribution in [1.29, 1.82) is 0 Å². The molecule has 1 unspecified atom stereocenters. The van der Waals surface area contributed by atoms with Crippen LogP contribution in [0, 0.1) is 13.8 Å². The zero-order valence-corrected chi connectivity index (χ0v) is 12.3. The molecule has 0 aliphatic rings. The van der Waals surface area contributed by atoms with Gasteiger partial charge in [0.2, 0.25) is 0 Å². The summed E-state index contributed by atoms with van der Waals surface area (Å²) in [6.45, 7) is 11.3. The molecule has 1 aromatic carbocycles. The second-order valence-corrected chi connectivity index (χ2v) is 7.04. The highest BCUT2D eigenvalue weighted by atomic mass is 32.2. The summed E-state index contributed by atoms with van der Waals surface area (Å²) in [5.74, 6) is 0.666. The molecule has 1 N–H and O–H groups in total. The van der Waals surface area contributed by atoms with Crippen LogP contribution in [0.15, 0.2) is 23.1 Å². The van der Waals surface area contributed by atoms with Crippen molar-refractivity contribution in [2.45, 2.75) is 45.1 Å². The summed E-state index contributed by atoms with van der Waals surface area (Å²) < 4.78 is 12.1. The highest BCUT2D eigenvalue weighted by Gasteiger charge is 2.10. The maximum Gasteiger partial charge on any atom is 0.0542 e. The van der Waals surface area contributed by atoms with E-state index in [9.17, 15) is 4.21 Å². The topological polar surface area (TPSA) is 29.1 Å². The third kappa shape index (κ3) is 5.00. The Kier molecular flexibility index (Phi) is 4.90. The number of aryl methyl sites for hydroxylation is 2. The van der Waals surface area contributed by atoms with Gasteiger partial charge in [0.05, 0.1) is 10.8 Å². The molecule has 1 aromatic rings. The van der Waals surface area contributed by atoms with Crippen molar-refractivity contribution in [3.8, 4) is 0 Å². The molecule has 0 spiro atoms. The molecule has 0 aromatic heterocycles. The summed E-state index contributed by atoms with van der Waals surface area (Å²) in [6.07, 6.45) is 0. The van der Waals surface area contributed by atoms with E-state index in [1.165, 1.54) is 11.1 Å². The first-order valence-electron chi connectivity index (χ1n) is 6.00. The standard InChI is InChI=1S/C14H23NOS/c1-11-6-7-13(10-12(11)2)17(16)9-8-15-14(3,4)5/h6-7,10,15H,8-9H2,1-5H3. The van der Waals surface area contributed by atoms with Crippen LogP contribution in [0.4, 0.5) is 0 Å². The highest BCUT2D eigenvalue weighted by Crippen LogP contribution is 2.13. The second-order valence-electron chi connectivity index (χ2n) is 5.47. The Morgan fingerprint density at radius 1 is 1.18 bits per heavy atom. The largest absolute Gasteiger partial charge is 0.311 e. The van der Waals surface area contributed by atoms with Gasteiger partial charge in [-0.1, -0.05) is 6.07 Å². The smallest absolute Gasteiger partial charge is 0.0542 e. The van der Waals surface area contributed by atoms with Gasteiger partial charge in [-0.2, -0.15) is 0 Å². The molecule has 2 nitrogen and oxygen atoms in total. The molecule has 1 atom stereocenters. The predicted molar refractivity (Wildman–Crippen MR) is 74.9 cm³/mol. The summed E-state index contributed by atoms with van der Waals surface area (Å²) in [7, 11) is -0.899. The maximum absolute atomic E-state index is 12.1. The van der Waals surface area contributed by atoms with Crippen molar-refractivity contribution in [2.75, 3.05) is 12.3 Å². The number of nitrogens with one attached hydrogen (secondary N) is 1. The number of benzene rings is 1. The fraction of sp³-hybridized carbons (Fsp3) is 0.571. The van der Waals surface area contributed by atoms with Crippen LogP contribution in [0.25, 0.3) is 0 Å². The van der Waals surface area contributed by atoms with Crippen molar-refractivity contribution >= 4 is 10.8 Å². The van der Waals surface area contributed by atoms with Gasteiger partial charge in [0.15, 0.2) is 0 Å². The van der Waals surface area contributed by atoms with Crippen LogP contribution in [0.2, 0.25) is 0 Å². The zero-order chi connectivity index (χ0) is 13.1. The molecule has 3 heteroatoms. The lowest BCUT2D eigenvalue weighted by Gasteiger charge is -2.20. The molecule has 96 valence electrons. The van der Waals surface area contributed by atoms with E-state index >= 15 is 0 Å². The van der Waals surface area contributed by atoms with Crippen LogP contribution in [0.5, 0.6) is 0 Å². The van der Waals surface area contributed by atoms with Crippen LogP contribution < -0.4 is 5.32 Å². The monoisotopic (exact) mass is 253 g/mol. The number of hydrogen-bond donors (Lipinski definition) is 1. The first kappa shape index (κ1) is 14.4. The van der Waals surface area contributed by atoms with E-state index in [1.807, 2.05) is 18.2 Å². The minimum absolute atomic E-state index is 0.0907. The Hall–Kier alpha value is -0.670. The third-order valence-corrected chi connectivity index (χ3v) is 4.04. The summed E-state index contributed by atoms with van der Waals surface area (Å²) in [5, 5.41) is 3.36. The summed E-state index contributed by atoms with van der Waals surface area (Å²) in [6, 6.07) is 6.04. The van der Waals surface area contributed by atoms with Gasteiger partial charge in [-0.3, -0.25) is 4.21 Å². The van der Waals surface area contributed by atoms with Crippen LogP contribution in [0.3, 0.4) is 0 Å². The molecule has 0 radical (unpaired) electrons. The normalized spacial score (nSPS) is 13.7. The Labute approximate surface area is 107 Å². The van der Waals surface area contributed by atoms with Crippen LogP contribution in [-0.4, -0.2) is 22.0 Å². The maximum atomic E-state index is 12.1. The Balaban J connectivity index is 2.56. The number of hydrogen-bond acceptors (Lipinski definition) is 2. The van der Waals surface area contributed by atoms with E-state index in [2.05, 4.69) is 39.9 Å². The van der Waals surface area contributed by atoms with Gasteiger partial charge in [0, 0.05) is 22.7 Å². The predicted octanol–water partition coefficient (Wildman–Crippen LogP) is 2.80. The van der Waals surface area contributed by atoms with Gasteiger partial charge in [0.1, 0.15) is 0 Å². The quantitative estimate of drug-likeness (QED) is 0.894. The summed E-state index contributed by atoms with van der Waals surface area (Å²) in [4.78, 5) is 0.934. The average Bonchev–Trinajstić information content (AvgIpc) is 2.20. The summed E-state index contributed by atoms with van der Waals surface area (Å²) >= 11 is 0. The molecule has 0 aliphatic heterocycles. The first-order chi connectivity index (χ1) is 7.79. The summed E-state index contributed by atoms with van der Waals surface area (Å²) in [5.41, 5.74) is 2.55. The Morgan fingerprint density at radius 3 is 2.35 bits per heavy atom. The third-order valence-electron chi connectivity index (χ3n) is 2.68. The minimum Gasteiger partial charge on any atom is -0.311 e. The van der Waals surface area contributed by atoms with E-state index in [0.717, 1.165) is 11.4 Å². The lowest BCUT2D eigenvalue weighted by Crippen LogP contribution is -2.38. The molecule has 17 heavy (non-hydrogen) atoms. The van der Waals surface area contributed by atoms with E-state index in [-0.39, 0.29) is 5.54 Å². The van der Waals surface area contributed by atoms with Crippen molar-refractivity contribution in [2.24, 2.45) is 0 Å². The van der Waals surface area contributed by atoms with E-state index < -0.39 is 10.8 Å². The lowest BCUT2D eigenvalue weighted by molar-refractivity contribution is 0.440. The molecular formula is C14H23NOS. The molecule has 0 aliphatic carbocycles. The van der Waals surface area contributed by atoms with Crippen molar-refractivity contribution in [3.05, 3.63) is 29.3 Å². The number of rotatable bonds is 4. The minimum atomic E-state index is -0.899. The van der Waals surface area contributed by atoms with E-state index in [4.69, 9.17) is 0 Å². The van der Waals surface area contributed by atoms with Gasteiger partial charge in [-0.15, -0.1) is 0 Å². The van der Waals surface area contributed by atoms with Gasteiger partial charge >= 0.3 is 0 Å². The van der Waals surface area contributed by atoms with E-state index in [1.54, 1.807) is 0 Å². The van der Waals surface area contributed by atoms with Gasteiger partial charge in [-0.05, 0) is 57.9 Å². The molecule has 0 saturated carbocycles. The average molecular weight is 253 g/mol. The SMILES string of the molecule is Cc1ccc(S(=O)CCNC(C)(C)C)cc1C. The first-order valence-corrected chi connectivity index (χ1v) is 7.32. The van der Waals surface area contributed by atoms with Crippen LogP contribution in [0.1, 0.15) is 31.9 Å². The lowest BCUT2D eigenvalue weighted by atomic mass is 10.1. The van der Waals surface area contributed by atoms with Gasteiger partial charge < -0.3 is 5.32 Å². The van der Waals surface area contributed by atoms with Gasteiger partial charge in [-0.25, -0.2) is 0 Å². The fourth-order valence-corrected chi connectivity index (χ4v) is 2.54. The molecule has 1 rings (SSSR count). The fourth-order valence-electron chi connectivity index (χ4n) is 1.49. The molecule has 0 fully saturated rings. The molecule has 0 heterocycles. The van der Waals surface area contributed by atoms with Crippen molar-refractivity contribution in [1.82, 2.24) is 5.32 Å². The van der Waals surface area contributed by atoms with Crippen LogP contribution >= 0.6 is 0 Å². The van der Waals surface area contributed by atoms with Gasteiger partial charge in [0.25, 0.3) is 0 Å². The molecular weight excluding hydrogens is 230 g/mol. The van der Waals surface area contributed by atoms with Crippen molar-refractivity contribution in [3.63, 3.8) is 0 Å². The highest BCUT2D eigenvalue weighted by molar-refractivity contribution is 7.85. The molecule has 0 saturated heterocycles. The second kappa shape index (κ2) is 5.78. The zero-order valence-electron chi connectivity index (χ0n) is 11.5. The van der Waals surface area contributed by atoms with Crippen molar-refractivity contribution < 1.29 is 4.21 Å². The van der Waals surface area contributed by atoms with Crippen LogP contribution in [-0.2, 0) is 10.8 Å². The molecule has 0 amide bonds. The Bertz CT molecular complexity index is 407. The Morgan fingerprint density at radius 2 is 1.82 bits per heavy atom. The van der Waals surface area contributed by atoms with E-state index in [0.29, 0.717) is 5.75 Å². The molecule has 0 bridgehead atoms.